The Balaban J connectivity index is 1.78. The average Bonchev–Trinajstić information content (AvgIpc) is 3.51. The van der Waals surface area contributed by atoms with Crippen molar-refractivity contribution in [3.8, 4) is 0 Å². The molecule has 5 aromatic rings. The van der Waals surface area contributed by atoms with Gasteiger partial charge in [0.15, 0.2) is 5.72 Å². The molecule has 33 heavy (non-hydrogen) atoms. The van der Waals surface area contributed by atoms with E-state index in [9.17, 15) is 15.0 Å². The van der Waals surface area contributed by atoms with E-state index in [-0.39, 0.29) is 12.3 Å². The van der Waals surface area contributed by atoms with Crippen LogP contribution in [-0.2, 0) is 17.0 Å². The first kappa shape index (κ1) is 18.1. The van der Waals surface area contributed by atoms with Crippen molar-refractivity contribution in [3.05, 3.63) is 59.7 Å². The van der Waals surface area contributed by atoms with E-state index in [0.717, 1.165) is 54.7 Å². The van der Waals surface area contributed by atoms with Gasteiger partial charge in [0.2, 0.25) is 0 Å². The molecule has 0 spiro atoms. The number of fused-ring (bicyclic) bond motifs is 13. The van der Waals surface area contributed by atoms with Gasteiger partial charge in [0.25, 0.3) is 5.91 Å². The molecule has 0 aliphatic carbocycles. The Hall–Kier alpha value is -3.39. The molecule has 1 saturated heterocycles. The zero-order valence-electron chi connectivity index (χ0n) is 17.9. The summed E-state index contributed by atoms with van der Waals surface area (Å²) < 4.78 is 10.9. The van der Waals surface area contributed by atoms with Gasteiger partial charge in [-0.3, -0.25) is 4.79 Å². The maximum Gasteiger partial charge on any atom is 0.252 e. The molecule has 3 aliphatic rings. The van der Waals surface area contributed by atoms with E-state index in [1.54, 1.807) is 0 Å². The molecule has 1 amide bonds. The lowest BCUT2D eigenvalue weighted by Crippen LogP contribution is -2.53. The van der Waals surface area contributed by atoms with Gasteiger partial charge in [-0.15, -0.1) is 0 Å². The monoisotopic (exact) mass is 439 g/mol. The number of carbonyl (C=O) groups is 1. The zero-order valence-corrected chi connectivity index (χ0v) is 17.9. The van der Waals surface area contributed by atoms with Crippen LogP contribution in [0.1, 0.15) is 35.5 Å². The summed E-state index contributed by atoms with van der Waals surface area (Å²) in [6, 6.07) is 16.1. The third kappa shape index (κ3) is 1.75. The van der Waals surface area contributed by atoms with Gasteiger partial charge in [0, 0.05) is 34.5 Å². The van der Waals surface area contributed by atoms with Gasteiger partial charge in [-0.05, 0) is 24.6 Å². The number of para-hydroxylation sites is 2. The van der Waals surface area contributed by atoms with Gasteiger partial charge >= 0.3 is 0 Å². The van der Waals surface area contributed by atoms with Crippen molar-refractivity contribution < 1.29 is 19.7 Å². The summed E-state index contributed by atoms with van der Waals surface area (Å²) in [5.74, 6) is -0.0555. The van der Waals surface area contributed by atoms with Crippen molar-refractivity contribution in [2.45, 2.75) is 37.4 Å². The highest BCUT2D eigenvalue weighted by Crippen LogP contribution is 2.57. The van der Waals surface area contributed by atoms with Crippen molar-refractivity contribution in [1.82, 2.24) is 14.5 Å². The van der Waals surface area contributed by atoms with Crippen molar-refractivity contribution in [2.75, 3.05) is 6.61 Å². The Labute approximate surface area is 187 Å². The number of aromatic nitrogens is 2. The predicted molar refractivity (Wildman–Crippen MR) is 124 cm³/mol. The molecule has 7 heteroatoms. The number of benzene rings is 3. The molecule has 2 aromatic heterocycles. The third-order valence-electron chi connectivity index (χ3n) is 8.23. The van der Waals surface area contributed by atoms with E-state index in [1.807, 2.05) is 49.4 Å². The maximum atomic E-state index is 13.2. The Morgan fingerprint density at radius 1 is 1.06 bits per heavy atom. The fourth-order valence-corrected chi connectivity index (χ4v) is 6.73. The van der Waals surface area contributed by atoms with Crippen LogP contribution >= 0.6 is 0 Å². The van der Waals surface area contributed by atoms with Gasteiger partial charge in [0.1, 0.15) is 11.8 Å². The van der Waals surface area contributed by atoms with Gasteiger partial charge < -0.3 is 29.4 Å². The molecule has 1 fully saturated rings. The average molecular weight is 439 g/mol. The number of rotatable bonds is 1. The predicted octanol–water partition coefficient (Wildman–Crippen LogP) is 3.47. The third-order valence-corrected chi connectivity index (χ3v) is 8.23. The van der Waals surface area contributed by atoms with Crippen LogP contribution in [0.4, 0.5) is 0 Å². The summed E-state index contributed by atoms with van der Waals surface area (Å²) in [5.41, 5.74) is 2.80. The molecule has 5 heterocycles. The first-order valence-electron chi connectivity index (χ1n) is 11.3. The van der Waals surface area contributed by atoms with E-state index < -0.39 is 24.2 Å². The second kappa shape index (κ2) is 5.39. The van der Waals surface area contributed by atoms with Crippen LogP contribution in [0, 0.1) is 0 Å². The molecular formula is C26H21N3O4. The van der Waals surface area contributed by atoms with Crippen molar-refractivity contribution in [3.63, 3.8) is 0 Å². The standard InChI is InChI=1S/C26H21N3O4/c1-25-26(32,12-30)10-18(33-25)28-16-8-4-2-6-13(16)20-21-15(11-27-24(21)31)19-14-7-3-5-9-17(14)29(25)23(19)22(20)28/h2-9,18,30,32H,10-12H2,1H3,(H,27,31)/t18-,25?,26-/m0/s1. The maximum absolute atomic E-state index is 13.2. The summed E-state index contributed by atoms with van der Waals surface area (Å²) in [6.45, 7) is 1.91. The second-order valence-electron chi connectivity index (χ2n) is 9.67. The van der Waals surface area contributed by atoms with Gasteiger partial charge in [0.05, 0.1) is 34.2 Å². The minimum atomic E-state index is -1.48. The van der Waals surface area contributed by atoms with Gasteiger partial charge in [-0.1, -0.05) is 36.4 Å². The molecule has 0 saturated carbocycles. The van der Waals surface area contributed by atoms with Crippen molar-refractivity contribution in [1.29, 1.82) is 0 Å². The quantitative estimate of drug-likeness (QED) is 0.373. The highest BCUT2D eigenvalue weighted by molar-refractivity contribution is 6.31. The summed E-state index contributed by atoms with van der Waals surface area (Å²) in [7, 11) is 0. The summed E-state index contributed by atoms with van der Waals surface area (Å²) in [4.78, 5) is 13.2. The molecule has 1 unspecified atom stereocenters. The Morgan fingerprint density at radius 3 is 2.52 bits per heavy atom. The van der Waals surface area contributed by atoms with E-state index in [1.165, 1.54) is 0 Å². The number of nitrogens with zero attached hydrogens (tertiary/aromatic N) is 2. The molecule has 3 aliphatic heterocycles. The molecule has 0 radical (unpaired) electrons. The van der Waals surface area contributed by atoms with Crippen LogP contribution in [-0.4, -0.2) is 37.5 Å². The topological polar surface area (TPSA) is 88.7 Å². The van der Waals surface area contributed by atoms with Crippen LogP contribution in [0.25, 0.3) is 43.6 Å². The number of hydrogen-bond donors (Lipinski definition) is 3. The molecule has 3 atom stereocenters. The molecule has 2 bridgehead atoms. The highest BCUT2D eigenvalue weighted by Gasteiger charge is 2.60. The smallest absolute Gasteiger partial charge is 0.252 e. The fraction of sp³-hybridized carbons (Fsp3) is 0.269. The summed E-state index contributed by atoms with van der Waals surface area (Å²) >= 11 is 0. The number of carbonyl (C=O) groups excluding carboxylic acids is 1. The number of ether oxygens (including phenoxy) is 1. The number of nitrogens with one attached hydrogen (secondary N) is 1. The summed E-state index contributed by atoms with van der Waals surface area (Å²) in [6.07, 6.45) is -0.247. The van der Waals surface area contributed by atoms with Crippen LogP contribution in [0.15, 0.2) is 48.5 Å². The Morgan fingerprint density at radius 2 is 1.76 bits per heavy atom. The largest absolute Gasteiger partial charge is 0.393 e. The van der Waals surface area contributed by atoms with Gasteiger partial charge in [-0.25, -0.2) is 0 Å². The van der Waals surface area contributed by atoms with Crippen molar-refractivity contribution >= 4 is 49.5 Å². The van der Waals surface area contributed by atoms with E-state index in [4.69, 9.17) is 4.74 Å². The van der Waals surface area contributed by atoms with Crippen LogP contribution in [0.3, 0.4) is 0 Å². The van der Waals surface area contributed by atoms with Crippen LogP contribution in [0.2, 0.25) is 0 Å². The molecule has 164 valence electrons. The first-order valence-corrected chi connectivity index (χ1v) is 11.3. The fourth-order valence-electron chi connectivity index (χ4n) is 6.73. The number of hydrogen-bond acceptors (Lipinski definition) is 4. The van der Waals surface area contributed by atoms with Crippen molar-refractivity contribution in [2.24, 2.45) is 0 Å². The molecular weight excluding hydrogens is 418 g/mol. The SMILES string of the molecule is CC12O[C@@H](C[C@]1(O)CO)n1c3ccccc3c3c4c(c5c6ccccc6n2c5c31)CNC4=O. The van der Waals surface area contributed by atoms with Crippen LogP contribution in [0.5, 0.6) is 0 Å². The Kier molecular flexibility index (Phi) is 2.95. The van der Waals surface area contributed by atoms with E-state index in [0.29, 0.717) is 6.54 Å². The lowest BCUT2D eigenvalue weighted by atomic mass is 9.89. The number of amides is 1. The second-order valence-corrected chi connectivity index (χ2v) is 9.67. The zero-order chi connectivity index (χ0) is 22.3. The molecule has 3 N–H and O–H groups in total. The molecule has 8 rings (SSSR count). The summed E-state index contributed by atoms with van der Waals surface area (Å²) in [5, 5.41) is 29.1. The first-order chi connectivity index (χ1) is 16.0. The number of aliphatic hydroxyl groups is 2. The highest BCUT2D eigenvalue weighted by atomic mass is 16.6. The van der Waals surface area contributed by atoms with E-state index in [2.05, 4.69) is 20.5 Å². The number of aliphatic hydroxyl groups excluding tert-OH is 1. The van der Waals surface area contributed by atoms with Gasteiger partial charge in [-0.2, -0.15) is 0 Å². The molecule has 7 nitrogen and oxygen atoms in total. The lowest BCUT2D eigenvalue weighted by molar-refractivity contribution is -0.189. The minimum Gasteiger partial charge on any atom is -0.393 e. The van der Waals surface area contributed by atoms with E-state index >= 15 is 0 Å². The lowest BCUT2D eigenvalue weighted by Gasteiger charge is -2.38. The Bertz CT molecular complexity index is 1730. The minimum absolute atomic E-state index is 0.0555. The van der Waals surface area contributed by atoms with Crippen LogP contribution < -0.4 is 5.32 Å². The molecule has 3 aromatic carbocycles. The normalized spacial score (nSPS) is 27.8.